The van der Waals surface area contributed by atoms with E-state index in [9.17, 15) is 13.6 Å². The first kappa shape index (κ1) is 20.1. The molecule has 0 radical (unpaired) electrons. The second-order valence-corrected chi connectivity index (χ2v) is 7.88. The van der Waals surface area contributed by atoms with Crippen molar-refractivity contribution in [3.8, 4) is 6.07 Å². The van der Waals surface area contributed by atoms with Crippen LogP contribution in [0, 0.1) is 11.3 Å². The molecular formula is C18H17F2N5OS2. The highest BCUT2D eigenvalue weighted by Gasteiger charge is 2.30. The van der Waals surface area contributed by atoms with Gasteiger partial charge in [0.2, 0.25) is 5.92 Å². The largest absolute Gasteiger partial charge is 0.382 e. The van der Waals surface area contributed by atoms with Gasteiger partial charge in [0.25, 0.3) is 5.91 Å². The van der Waals surface area contributed by atoms with E-state index >= 15 is 0 Å². The molecule has 1 aliphatic carbocycles. The van der Waals surface area contributed by atoms with Gasteiger partial charge in [0.1, 0.15) is 22.2 Å². The van der Waals surface area contributed by atoms with Crippen molar-refractivity contribution in [3.63, 3.8) is 0 Å². The van der Waals surface area contributed by atoms with Gasteiger partial charge in [-0.25, -0.2) is 18.7 Å². The summed E-state index contributed by atoms with van der Waals surface area (Å²) in [4.78, 5) is 21.1. The number of aromatic nitrogens is 2. The van der Waals surface area contributed by atoms with Gasteiger partial charge in [-0.1, -0.05) is 6.42 Å². The predicted octanol–water partition coefficient (Wildman–Crippen LogP) is 5.04. The van der Waals surface area contributed by atoms with Crippen LogP contribution in [0.5, 0.6) is 0 Å². The number of nitrogens with one attached hydrogen (secondary N) is 1. The summed E-state index contributed by atoms with van der Waals surface area (Å²) < 4.78 is 24.4. The average molecular weight is 421 g/mol. The van der Waals surface area contributed by atoms with E-state index < -0.39 is 5.92 Å². The molecule has 0 bridgehead atoms. The first-order valence-electron chi connectivity index (χ1n) is 8.55. The van der Waals surface area contributed by atoms with E-state index in [1.54, 1.807) is 16.1 Å². The van der Waals surface area contributed by atoms with Crippen LogP contribution in [0.1, 0.15) is 48.0 Å². The van der Waals surface area contributed by atoms with Crippen LogP contribution in [0.4, 0.5) is 20.3 Å². The number of anilines is 2. The average Bonchev–Trinajstić information content (AvgIpc) is 3.28. The van der Waals surface area contributed by atoms with Crippen LogP contribution in [-0.2, 0) is 0 Å². The quantitative estimate of drug-likeness (QED) is 0.603. The maximum atomic E-state index is 12.2. The number of amides is 1. The highest BCUT2D eigenvalue weighted by Crippen LogP contribution is 2.32. The van der Waals surface area contributed by atoms with Gasteiger partial charge < -0.3 is 11.1 Å². The molecule has 1 fully saturated rings. The summed E-state index contributed by atoms with van der Waals surface area (Å²) in [6, 6.07) is 2.02. The minimum absolute atomic E-state index is 0.118. The molecule has 146 valence electrons. The van der Waals surface area contributed by atoms with Crippen molar-refractivity contribution >= 4 is 50.4 Å². The summed E-state index contributed by atoms with van der Waals surface area (Å²) >= 11 is 2.67. The molecule has 0 unspecified atom stereocenters. The lowest BCUT2D eigenvalue weighted by molar-refractivity contribution is -0.0337. The third-order valence-corrected chi connectivity index (χ3v) is 5.78. The predicted molar refractivity (Wildman–Crippen MR) is 107 cm³/mol. The molecule has 4 rings (SSSR count). The Morgan fingerprint density at radius 2 is 2.00 bits per heavy atom. The number of hydrogen-bond donors (Lipinski definition) is 2. The Bertz CT molecular complexity index is 1020. The van der Waals surface area contributed by atoms with Crippen LogP contribution in [-0.4, -0.2) is 21.8 Å². The van der Waals surface area contributed by atoms with E-state index in [0.717, 1.165) is 6.42 Å². The van der Waals surface area contributed by atoms with Crippen molar-refractivity contribution < 1.29 is 13.6 Å². The monoisotopic (exact) mass is 421 g/mol. The zero-order valence-electron chi connectivity index (χ0n) is 14.7. The summed E-state index contributed by atoms with van der Waals surface area (Å²) in [7, 11) is 0. The van der Waals surface area contributed by atoms with Crippen LogP contribution in [0.3, 0.4) is 0 Å². The molecule has 3 heterocycles. The van der Waals surface area contributed by atoms with Crippen LogP contribution < -0.4 is 11.1 Å². The highest BCUT2D eigenvalue weighted by atomic mass is 32.1. The fraction of sp³-hybridized carbons (Fsp3) is 0.333. The normalized spacial score (nSPS) is 15.3. The van der Waals surface area contributed by atoms with E-state index in [-0.39, 0.29) is 24.6 Å². The fourth-order valence-electron chi connectivity index (χ4n) is 2.72. The molecule has 28 heavy (non-hydrogen) atoms. The zero-order valence-corrected chi connectivity index (χ0v) is 16.4. The number of nitrogen functional groups attached to an aromatic ring is 1. The number of alkyl halides is 2. The molecule has 0 atom stereocenters. The number of rotatable bonds is 2. The molecular weight excluding hydrogens is 404 g/mol. The third kappa shape index (κ3) is 4.79. The molecule has 3 N–H and O–H groups in total. The molecule has 0 aliphatic heterocycles. The standard InChI is InChI=1S/C12H7N5OS2.C6H10F2/c13-1-6-3-19-5-8(6)16-11(18)7-4-20-12-10(7)17-9(14)2-15-12;7-6(8)4-2-1-3-5-6/h2-5H,(H2,14,17)(H,16,18);1-5H2. The number of nitrogens with two attached hydrogens (primary N) is 1. The molecule has 6 nitrogen and oxygen atoms in total. The first-order chi connectivity index (χ1) is 13.4. The van der Waals surface area contributed by atoms with Gasteiger partial charge >= 0.3 is 0 Å². The molecule has 1 saturated carbocycles. The van der Waals surface area contributed by atoms with E-state index in [0.29, 0.717) is 40.0 Å². The maximum Gasteiger partial charge on any atom is 0.258 e. The Hall–Kier alpha value is -2.64. The Kier molecular flexibility index (Phi) is 6.16. The molecule has 10 heteroatoms. The van der Waals surface area contributed by atoms with E-state index in [2.05, 4.69) is 15.3 Å². The number of carbonyl (C=O) groups excluding carboxylic acids is 1. The maximum absolute atomic E-state index is 12.2. The van der Waals surface area contributed by atoms with Gasteiger partial charge in [-0.3, -0.25) is 4.79 Å². The van der Waals surface area contributed by atoms with Crippen molar-refractivity contribution in [2.75, 3.05) is 11.1 Å². The number of nitriles is 1. The second kappa shape index (κ2) is 8.58. The zero-order chi connectivity index (χ0) is 20.1. The summed E-state index contributed by atoms with van der Waals surface area (Å²) in [5.41, 5.74) is 7.40. The molecule has 0 spiro atoms. The topological polar surface area (TPSA) is 105 Å². The molecule has 0 saturated heterocycles. The van der Waals surface area contributed by atoms with Gasteiger partial charge in [-0.05, 0) is 12.8 Å². The van der Waals surface area contributed by atoms with Gasteiger partial charge in [-0.2, -0.15) is 5.26 Å². The van der Waals surface area contributed by atoms with Crippen molar-refractivity contribution in [2.45, 2.75) is 38.0 Å². The number of fused-ring (bicyclic) bond motifs is 1. The van der Waals surface area contributed by atoms with Gasteiger partial charge in [0, 0.05) is 29.0 Å². The minimum atomic E-state index is -2.32. The van der Waals surface area contributed by atoms with Crippen molar-refractivity contribution in [2.24, 2.45) is 0 Å². The summed E-state index contributed by atoms with van der Waals surface area (Å²) in [6.07, 6.45) is 4.11. The molecule has 3 aromatic heterocycles. The lowest BCUT2D eigenvalue weighted by atomic mass is 9.97. The SMILES string of the molecule is FC1(F)CCCCC1.N#Cc1cscc1NC(=O)c1csc2ncc(N)nc12. The summed E-state index contributed by atoms with van der Waals surface area (Å²) in [5, 5.41) is 16.7. The van der Waals surface area contributed by atoms with Crippen LogP contribution in [0.15, 0.2) is 22.3 Å². The van der Waals surface area contributed by atoms with Crippen molar-refractivity contribution in [3.05, 3.63) is 33.5 Å². The molecule has 1 amide bonds. The van der Waals surface area contributed by atoms with Gasteiger partial charge in [0.05, 0.1) is 23.0 Å². The smallest absolute Gasteiger partial charge is 0.258 e. The number of halogens is 2. The lowest BCUT2D eigenvalue weighted by Crippen LogP contribution is -2.18. The van der Waals surface area contributed by atoms with Crippen LogP contribution >= 0.6 is 22.7 Å². The Balaban J connectivity index is 0.000000236. The lowest BCUT2D eigenvalue weighted by Gasteiger charge is -2.20. The number of carbonyl (C=O) groups is 1. The van der Waals surface area contributed by atoms with Crippen molar-refractivity contribution in [1.29, 1.82) is 5.26 Å². The van der Waals surface area contributed by atoms with E-state index in [1.165, 1.54) is 28.9 Å². The number of hydrogen-bond acceptors (Lipinski definition) is 7. The molecule has 3 aromatic rings. The van der Waals surface area contributed by atoms with Crippen LogP contribution in [0.25, 0.3) is 10.3 Å². The van der Waals surface area contributed by atoms with Gasteiger partial charge in [0.15, 0.2) is 0 Å². The highest BCUT2D eigenvalue weighted by molar-refractivity contribution is 7.17. The Labute approximate surface area is 168 Å². The first-order valence-corrected chi connectivity index (χ1v) is 10.4. The fourth-order valence-corrected chi connectivity index (χ4v) is 4.26. The van der Waals surface area contributed by atoms with Gasteiger partial charge in [-0.15, -0.1) is 22.7 Å². The van der Waals surface area contributed by atoms with Crippen LogP contribution in [0.2, 0.25) is 0 Å². The Morgan fingerprint density at radius 1 is 1.25 bits per heavy atom. The number of nitrogens with zero attached hydrogens (tertiary/aromatic N) is 3. The van der Waals surface area contributed by atoms with Crippen molar-refractivity contribution in [1.82, 2.24) is 9.97 Å². The summed E-state index contributed by atoms with van der Waals surface area (Å²) in [6.45, 7) is 0. The Morgan fingerprint density at radius 3 is 2.64 bits per heavy atom. The molecule has 0 aromatic carbocycles. The number of thiophene rings is 2. The summed E-state index contributed by atoms with van der Waals surface area (Å²) in [5.74, 6) is -2.39. The molecule has 1 aliphatic rings. The third-order valence-electron chi connectivity index (χ3n) is 4.16. The second-order valence-electron chi connectivity index (χ2n) is 6.28. The van der Waals surface area contributed by atoms with E-state index in [1.807, 2.05) is 6.07 Å². The minimum Gasteiger partial charge on any atom is -0.382 e. The van der Waals surface area contributed by atoms with E-state index in [4.69, 9.17) is 11.0 Å².